The lowest BCUT2D eigenvalue weighted by Gasteiger charge is -2.32. The van der Waals surface area contributed by atoms with Gasteiger partial charge in [0.2, 0.25) is 5.91 Å². The largest absolute Gasteiger partial charge is 0.481 e. The predicted molar refractivity (Wildman–Crippen MR) is 73.9 cm³/mol. The standard InChI is InChI=1S/C15H20N2O3/c18-13(17-11-12-6-2-5-9-16-12)10-15(14(19)20)7-3-1-4-8-15/h2,5-6,9H,1,3-4,7-8,10-11H2,(H,17,18)(H,19,20). The average molecular weight is 276 g/mol. The summed E-state index contributed by atoms with van der Waals surface area (Å²) in [5, 5.41) is 12.2. The Hall–Kier alpha value is -1.91. The molecular weight excluding hydrogens is 256 g/mol. The molecule has 1 saturated carbocycles. The highest BCUT2D eigenvalue weighted by Gasteiger charge is 2.41. The van der Waals surface area contributed by atoms with Crippen LogP contribution in [0.1, 0.15) is 44.2 Å². The predicted octanol–water partition coefficient (Wildman–Crippen LogP) is 2.12. The van der Waals surface area contributed by atoms with Gasteiger partial charge in [0.15, 0.2) is 0 Å². The summed E-state index contributed by atoms with van der Waals surface area (Å²) < 4.78 is 0. The van der Waals surface area contributed by atoms with Crippen LogP contribution < -0.4 is 5.32 Å². The number of carboxylic acids is 1. The van der Waals surface area contributed by atoms with Crippen molar-refractivity contribution in [2.45, 2.75) is 45.1 Å². The Bertz CT molecular complexity index is 467. The molecule has 1 fully saturated rings. The van der Waals surface area contributed by atoms with E-state index in [1.807, 2.05) is 18.2 Å². The van der Waals surface area contributed by atoms with Crippen LogP contribution in [0, 0.1) is 5.41 Å². The Morgan fingerprint density at radius 3 is 2.60 bits per heavy atom. The third-order valence-electron chi connectivity index (χ3n) is 3.96. The molecule has 2 N–H and O–H groups in total. The number of rotatable bonds is 5. The van der Waals surface area contributed by atoms with E-state index in [1.54, 1.807) is 6.20 Å². The van der Waals surface area contributed by atoms with Crippen LogP contribution in [0.2, 0.25) is 0 Å². The molecule has 1 heterocycles. The van der Waals surface area contributed by atoms with Crippen LogP contribution in [0.25, 0.3) is 0 Å². The summed E-state index contributed by atoms with van der Waals surface area (Å²) in [5.74, 6) is -1.05. The first-order chi connectivity index (χ1) is 9.62. The van der Waals surface area contributed by atoms with Crippen molar-refractivity contribution < 1.29 is 14.7 Å². The molecule has 1 aromatic rings. The zero-order valence-electron chi connectivity index (χ0n) is 11.5. The second-order valence-corrected chi connectivity index (χ2v) is 5.42. The van der Waals surface area contributed by atoms with Gasteiger partial charge in [0.05, 0.1) is 17.7 Å². The van der Waals surface area contributed by atoms with Gasteiger partial charge in [-0.25, -0.2) is 0 Å². The van der Waals surface area contributed by atoms with E-state index in [9.17, 15) is 14.7 Å². The van der Waals surface area contributed by atoms with E-state index in [2.05, 4.69) is 10.3 Å². The summed E-state index contributed by atoms with van der Waals surface area (Å²) in [6.07, 6.45) is 5.76. The summed E-state index contributed by atoms with van der Waals surface area (Å²) >= 11 is 0. The minimum absolute atomic E-state index is 0.0646. The van der Waals surface area contributed by atoms with Crippen molar-refractivity contribution >= 4 is 11.9 Å². The fourth-order valence-corrected chi connectivity index (χ4v) is 2.76. The topological polar surface area (TPSA) is 79.3 Å². The van der Waals surface area contributed by atoms with Gasteiger partial charge >= 0.3 is 5.97 Å². The zero-order valence-corrected chi connectivity index (χ0v) is 11.5. The van der Waals surface area contributed by atoms with Crippen molar-refractivity contribution in [3.05, 3.63) is 30.1 Å². The molecule has 108 valence electrons. The smallest absolute Gasteiger partial charge is 0.310 e. The molecule has 1 aromatic heterocycles. The summed E-state index contributed by atoms with van der Waals surface area (Å²) in [4.78, 5) is 27.6. The Morgan fingerprint density at radius 2 is 2.00 bits per heavy atom. The Kier molecular flexibility index (Phi) is 4.71. The Labute approximate surface area is 118 Å². The fourth-order valence-electron chi connectivity index (χ4n) is 2.76. The molecule has 0 bridgehead atoms. The molecule has 0 aromatic carbocycles. The van der Waals surface area contributed by atoms with Gasteiger partial charge in [-0.2, -0.15) is 0 Å². The van der Waals surface area contributed by atoms with Crippen molar-refractivity contribution in [1.29, 1.82) is 0 Å². The number of carbonyl (C=O) groups excluding carboxylic acids is 1. The van der Waals surface area contributed by atoms with Gasteiger partial charge in [0, 0.05) is 12.6 Å². The summed E-state index contributed by atoms with van der Waals surface area (Å²) in [7, 11) is 0. The molecule has 0 aliphatic heterocycles. The highest BCUT2D eigenvalue weighted by molar-refractivity contribution is 5.85. The minimum Gasteiger partial charge on any atom is -0.481 e. The van der Waals surface area contributed by atoms with Crippen LogP contribution >= 0.6 is 0 Å². The monoisotopic (exact) mass is 276 g/mol. The molecule has 20 heavy (non-hydrogen) atoms. The van der Waals surface area contributed by atoms with Gasteiger partial charge in [-0.3, -0.25) is 14.6 Å². The number of hydrogen-bond donors (Lipinski definition) is 2. The highest BCUT2D eigenvalue weighted by atomic mass is 16.4. The van der Waals surface area contributed by atoms with E-state index in [1.165, 1.54) is 0 Å². The van der Waals surface area contributed by atoms with Gasteiger partial charge in [0.25, 0.3) is 0 Å². The number of aliphatic carboxylic acids is 1. The molecule has 1 aliphatic carbocycles. The van der Waals surface area contributed by atoms with Crippen molar-refractivity contribution in [2.24, 2.45) is 5.41 Å². The van der Waals surface area contributed by atoms with Crippen LogP contribution in [0.5, 0.6) is 0 Å². The Balaban J connectivity index is 1.90. The van der Waals surface area contributed by atoms with Gasteiger partial charge < -0.3 is 10.4 Å². The maximum Gasteiger partial charge on any atom is 0.310 e. The van der Waals surface area contributed by atoms with Gasteiger partial charge in [-0.05, 0) is 25.0 Å². The average Bonchev–Trinajstić information content (AvgIpc) is 2.47. The number of carbonyl (C=O) groups is 2. The second kappa shape index (κ2) is 6.50. The number of pyridine rings is 1. The number of nitrogens with one attached hydrogen (secondary N) is 1. The molecule has 0 saturated heterocycles. The van der Waals surface area contributed by atoms with Gasteiger partial charge in [0.1, 0.15) is 0 Å². The number of hydrogen-bond acceptors (Lipinski definition) is 3. The molecule has 1 aliphatic rings. The van der Waals surface area contributed by atoms with Crippen molar-refractivity contribution in [3.63, 3.8) is 0 Å². The van der Waals surface area contributed by atoms with Gasteiger partial charge in [-0.15, -0.1) is 0 Å². The van der Waals surface area contributed by atoms with Crippen LogP contribution in [0.15, 0.2) is 24.4 Å². The molecule has 0 atom stereocenters. The van der Waals surface area contributed by atoms with E-state index >= 15 is 0 Å². The van der Waals surface area contributed by atoms with Crippen LogP contribution in [0.4, 0.5) is 0 Å². The molecule has 0 spiro atoms. The zero-order chi connectivity index (χ0) is 14.4. The van der Waals surface area contributed by atoms with Crippen molar-refractivity contribution in [1.82, 2.24) is 10.3 Å². The molecule has 5 nitrogen and oxygen atoms in total. The Morgan fingerprint density at radius 1 is 1.25 bits per heavy atom. The van der Waals surface area contributed by atoms with Crippen molar-refractivity contribution in [2.75, 3.05) is 0 Å². The van der Waals surface area contributed by atoms with Crippen LogP contribution in [-0.4, -0.2) is 22.0 Å². The normalized spacial score (nSPS) is 17.4. The summed E-state index contributed by atoms with van der Waals surface area (Å²) in [6, 6.07) is 5.50. The van der Waals surface area contributed by atoms with Crippen molar-refractivity contribution in [3.8, 4) is 0 Å². The van der Waals surface area contributed by atoms with E-state index in [-0.39, 0.29) is 12.3 Å². The lowest BCUT2D eigenvalue weighted by molar-refractivity contribution is -0.154. The number of aromatic nitrogens is 1. The number of nitrogens with zero attached hydrogens (tertiary/aromatic N) is 1. The number of carboxylic acid groups (broad SMARTS) is 1. The molecule has 0 radical (unpaired) electrons. The lowest BCUT2D eigenvalue weighted by atomic mass is 9.71. The van der Waals surface area contributed by atoms with E-state index in [0.717, 1.165) is 25.0 Å². The number of amides is 1. The quantitative estimate of drug-likeness (QED) is 0.863. The SMILES string of the molecule is O=C(CC1(C(=O)O)CCCCC1)NCc1ccccn1. The van der Waals surface area contributed by atoms with Gasteiger partial charge in [-0.1, -0.05) is 25.3 Å². The van der Waals surface area contributed by atoms with E-state index < -0.39 is 11.4 Å². The molecular formula is C15H20N2O3. The molecule has 2 rings (SSSR count). The first-order valence-electron chi connectivity index (χ1n) is 7.02. The maximum absolute atomic E-state index is 12.0. The molecule has 0 unspecified atom stereocenters. The summed E-state index contributed by atoms with van der Waals surface area (Å²) in [6.45, 7) is 0.343. The third-order valence-corrected chi connectivity index (χ3v) is 3.96. The molecule has 5 heteroatoms. The second-order valence-electron chi connectivity index (χ2n) is 5.42. The van der Waals surface area contributed by atoms with E-state index in [4.69, 9.17) is 0 Å². The maximum atomic E-state index is 12.0. The first-order valence-corrected chi connectivity index (χ1v) is 7.02. The summed E-state index contributed by atoms with van der Waals surface area (Å²) in [5.41, 5.74) is -0.0965. The van der Waals surface area contributed by atoms with Crippen LogP contribution in [-0.2, 0) is 16.1 Å². The lowest BCUT2D eigenvalue weighted by Crippen LogP contribution is -2.39. The minimum atomic E-state index is -0.869. The third kappa shape index (κ3) is 3.56. The van der Waals surface area contributed by atoms with Crippen LogP contribution in [0.3, 0.4) is 0 Å². The molecule has 1 amide bonds. The fraction of sp³-hybridized carbons (Fsp3) is 0.533. The van der Waals surface area contributed by atoms with E-state index in [0.29, 0.717) is 19.4 Å². The highest BCUT2D eigenvalue weighted by Crippen LogP contribution is 2.39. The first kappa shape index (κ1) is 14.5.